The first-order valence-corrected chi connectivity index (χ1v) is 5.39. The van der Waals surface area contributed by atoms with Gasteiger partial charge in [-0.15, -0.1) is 0 Å². The highest BCUT2D eigenvalue weighted by Gasteiger charge is 2.15. The van der Waals surface area contributed by atoms with Gasteiger partial charge in [-0.25, -0.2) is 0 Å². The quantitative estimate of drug-likeness (QED) is 0.783. The van der Waals surface area contributed by atoms with Gasteiger partial charge >= 0.3 is 0 Å². The maximum absolute atomic E-state index is 12.2. The number of ketones is 1. The Balaban J connectivity index is 2.47. The summed E-state index contributed by atoms with van der Waals surface area (Å²) in [5.74, 6) is 0.287. The van der Waals surface area contributed by atoms with Gasteiger partial charge in [0.15, 0.2) is 0 Å². The molecule has 0 unspecified atom stereocenters. The Kier molecular flexibility index (Phi) is 3.40. The zero-order valence-corrected chi connectivity index (χ0v) is 9.94. The van der Waals surface area contributed by atoms with Crippen molar-refractivity contribution in [3.8, 4) is 5.75 Å². The molecule has 0 radical (unpaired) electrons. The molecule has 4 heteroatoms. The van der Waals surface area contributed by atoms with E-state index < -0.39 is 0 Å². The standard InChI is InChI=1S/C13H10ClNO2/c1-17-12-6-5-9(14)8-10(12)13(16)11-4-2-3-7-15-11/h2-8H,1H3. The van der Waals surface area contributed by atoms with Crippen molar-refractivity contribution in [3.63, 3.8) is 0 Å². The van der Waals surface area contributed by atoms with Crippen LogP contribution < -0.4 is 4.74 Å². The summed E-state index contributed by atoms with van der Waals surface area (Å²) >= 11 is 5.88. The summed E-state index contributed by atoms with van der Waals surface area (Å²) in [7, 11) is 1.51. The SMILES string of the molecule is COc1ccc(Cl)cc1C(=O)c1ccccn1. The van der Waals surface area contributed by atoms with Crippen molar-refractivity contribution < 1.29 is 9.53 Å². The molecule has 0 aliphatic rings. The molecule has 0 fully saturated rings. The smallest absolute Gasteiger partial charge is 0.215 e. The fraction of sp³-hybridized carbons (Fsp3) is 0.0769. The fourth-order valence-electron chi connectivity index (χ4n) is 1.49. The second-order valence-corrected chi connectivity index (χ2v) is 3.83. The molecule has 0 atom stereocenters. The molecule has 1 heterocycles. The van der Waals surface area contributed by atoms with Crippen LogP contribution in [0.4, 0.5) is 0 Å². The number of nitrogens with zero attached hydrogens (tertiary/aromatic N) is 1. The number of carbonyl (C=O) groups excluding carboxylic acids is 1. The Morgan fingerprint density at radius 2 is 2.12 bits per heavy atom. The van der Waals surface area contributed by atoms with Gasteiger partial charge in [0.25, 0.3) is 0 Å². The summed E-state index contributed by atoms with van der Waals surface area (Å²) in [5.41, 5.74) is 0.784. The van der Waals surface area contributed by atoms with Gasteiger partial charge in [-0.2, -0.15) is 0 Å². The maximum Gasteiger partial charge on any atom is 0.215 e. The molecule has 1 aromatic heterocycles. The van der Waals surface area contributed by atoms with Crippen LogP contribution in [0.15, 0.2) is 42.6 Å². The lowest BCUT2D eigenvalue weighted by molar-refractivity contribution is 0.103. The van der Waals surface area contributed by atoms with Crippen molar-refractivity contribution in [1.29, 1.82) is 0 Å². The largest absolute Gasteiger partial charge is 0.496 e. The topological polar surface area (TPSA) is 39.2 Å². The van der Waals surface area contributed by atoms with Gasteiger partial charge in [-0.05, 0) is 30.3 Å². The van der Waals surface area contributed by atoms with Crippen molar-refractivity contribution >= 4 is 17.4 Å². The second kappa shape index (κ2) is 4.97. The van der Waals surface area contributed by atoms with E-state index in [0.29, 0.717) is 22.0 Å². The Bertz CT molecular complexity index is 540. The number of hydrogen-bond acceptors (Lipinski definition) is 3. The van der Waals surface area contributed by atoms with Gasteiger partial charge in [0, 0.05) is 11.2 Å². The Morgan fingerprint density at radius 1 is 1.29 bits per heavy atom. The zero-order chi connectivity index (χ0) is 12.3. The van der Waals surface area contributed by atoms with Crippen molar-refractivity contribution in [2.45, 2.75) is 0 Å². The summed E-state index contributed by atoms with van der Waals surface area (Å²) in [6, 6.07) is 10.1. The lowest BCUT2D eigenvalue weighted by atomic mass is 10.1. The minimum absolute atomic E-state index is 0.204. The van der Waals surface area contributed by atoms with Crippen LogP contribution in [0.2, 0.25) is 5.02 Å². The van der Waals surface area contributed by atoms with E-state index in [1.165, 1.54) is 7.11 Å². The number of aromatic nitrogens is 1. The molecule has 3 nitrogen and oxygen atoms in total. The molecule has 0 bridgehead atoms. The van der Waals surface area contributed by atoms with Crippen LogP contribution in [-0.4, -0.2) is 17.9 Å². The van der Waals surface area contributed by atoms with Crippen molar-refractivity contribution in [2.75, 3.05) is 7.11 Å². The number of pyridine rings is 1. The number of hydrogen-bond donors (Lipinski definition) is 0. The van der Waals surface area contributed by atoms with Gasteiger partial charge in [-0.1, -0.05) is 17.7 Å². The van der Waals surface area contributed by atoms with E-state index in [-0.39, 0.29) is 5.78 Å². The summed E-state index contributed by atoms with van der Waals surface area (Å²) in [6.45, 7) is 0. The molecule has 0 saturated heterocycles. The van der Waals surface area contributed by atoms with E-state index in [0.717, 1.165) is 0 Å². The van der Waals surface area contributed by atoms with E-state index in [1.54, 1.807) is 42.6 Å². The van der Waals surface area contributed by atoms with Crippen LogP contribution in [0, 0.1) is 0 Å². The molecule has 17 heavy (non-hydrogen) atoms. The molecule has 0 amide bonds. The number of halogens is 1. The number of methoxy groups -OCH3 is 1. The van der Waals surface area contributed by atoms with E-state index in [2.05, 4.69) is 4.98 Å². The lowest BCUT2D eigenvalue weighted by Crippen LogP contribution is -2.05. The lowest BCUT2D eigenvalue weighted by Gasteiger charge is -2.07. The minimum atomic E-state index is -0.204. The van der Waals surface area contributed by atoms with Gasteiger partial charge in [0.1, 0.15) is 11.4 Å². The molecular weight excluding hydrogens is 238 g/mol. The van der Waals surface area contributed by atoms with Crippen LogP contribution in [-0.2, 0) is 0 Å². The monoisotopic (exact) mass is 247 g/mol. The molecule has 2 aromatic rings. The summed E-state index contributed by atoms with van der Waals surface area (Å²) in [6.07, 6.45) is 1.57. The Hall–Kier alpha value is -1.87. The van der Waals surface area contributed by atoms with Gasteiger partial charge < -0.3 is 4.74 Å². The third-order valence-electron chi connectivity index (χ3n) is 2.30. The average molecular weight is 248 g/mol. The van der Waals surface area contributed by atoms with Crippen LogP contribution in [0.5, 0.6) is 5.75 Å². The predicted octanol–water partition coefficient (Wildman–Crippen LogP) is 2.97. The third kappa shape index (κ3) is 2.45. The summed E-state index contributed by atoms with van der Waals surface area (Å²) in [5, 5.41) is 0.491. The highest BCUT2D eigenvalue weighted by Crippen LogP contribution is 2.24. The minimum Gasteiger partial charge on any atom is -0.496 e. The van der Waals surface area contributed by atoms with Crippen LogP contribution >= 0.6 is 11.6 Å². The highest BCUT2D eigenvalue weighted by atomic mass is 35.5. The zero-order valence-electron chi connectivity index (χ0n) is 9.18. The van der Waals surface area contributed by atoms with Gasteiger partial charge in [-0.3, -0.25) is 9.78 Å². The van der Waals surface area contributed by atoms with Crippen molar-refractivity contribution in [2.24, 2.45) is 0 Å². The normalized spacial score (nSPS) is 10.0. The molecule has 0 saturated carbocycles. The number of ether oxygens (including phenoxy) is 1. The molecular formula is C13H10ClNO2. The predicted molar refractivity (Wildman–Crippen MR) is 65.7 cm³/mol. The fourth-order valence-corrected chi connectivity index (χ4v) is 1.66. The van der Waals surface area contributed by atoms with Crippen LogP contribution in [0.1, 0.15) is 16.1 Å². The molecule has 86 valence electrons. The number of rotatable bonds is 3. The highest BCUT2D eigenvalue weighted by molar-refractivity contribution is 6.31. The molecule has 0 spiro atoms. The Morgan fingerprint density at radius 3 is 2.76 bits per heavy atom. The first-order chi connectivity index (χ1) is 8.22. The molecule has 0 aliphatic carbocycles. The van der Waals surface area contributed by atoms with Crippen LogP contribution in [0.25, 0.3) is 0 Å². The first-order valence-electron chi connectivity index (χ1n) is 5.01. The molecule has 0 N–H and O–H groups in total. The molecule has 2 rings (SSSR count). The molecule has 0 aliphatic heterocycles. The van der Waals surface area contributed by atoms with E-state index in [1.807, 2.05) is 0 Å². The molecule has 1 aromatic carbocycles. The van der Waals surface area contributed by atoms with E-state index in [9.17, 15) is 4.79 Å². The van der Waals surface area contributed by atoms with E-state index >= 15 is 0 Å². The van der Waals surface area contributed by atoms with Crippen molar-refractivity contribution in [3.05, 3.63) is 58.9 Å². The number of benzene rings is 1. The van der Waals surface area contributed by atoms with Crippen LogP contribution in [0.3, 0.4) is 0 Å². The first kappa shape index (κ1) is 11.6. The maximum atomic E-state index is 12.2. The average Bonchev–Trinajstić information content (AvgIpc) is 2.39. The van der Waals surface area contributed by atoms with E-state index in [4.69, 9.17) is 16.3 Å². The third-order valence-corrected chi connectivity index (χ3v) is 2.54. The second-order valence-electron chi connectivity index (χ2n) is 3.39. The van der Waals surface area contributed by atoms with Gasteiger partial charge in [0.2, 0.25) is 5.78 Å². The van der Waals surface area contributed by atoms with Gasteiger partial charge in [0.05, 0.1) is 12.7 Å². The Labute approximate surface area is 104 Å². The number of carbonyl (C=O) groups is 1. The summed E-state index contributed by atoms with van der Waals surface area (Å²) < 4.78 is 5.14. The summed E-state index contributed by atoms with van der Waals surface area (Å²) in [4.78, 5) is 16.2. The van der Waals surface area contributed by atoms with Crippen molar-refractivity contribution in [1.82, 2.24) is 4.98 Å².